The normalized spacial score (nSPS) is 15.4. The van der Waals surface area contributed by atoms with Gasteiger partial charge in [-0.05, 0) is 24.3 Å². The summed E-state index contributed by atoms with van der Waals surface area (Å²) in [6.45, 7) is 9.15. The SMILES string of the molecule is CC(C)(C)c1cc(N)nn1CC(=O)N1CCN(c2ccc(F)cc2)CC1. The molecule has 7 heteroatoms. The van der Waals surface area contributed by atoms with Crippen LogP contribution in [0.4, 0.5) is 15.9 Å². The molecule has 0 saturated carbocycles. The molecule has 0 aliphatic carbocycles. The van der Waals surface area contributed by atoms with Crippen LogP contribution in [-0.2, 0) is 16.8 Å². The average molecular weight is 359 g/mol. The quantitative estimate of drug-likeness (QED) is 0.913. The van der Waals surface area contributed by atoms with Crippen LogP contribution in [0.2, 0.25) is 0 Å². The van der Waals surface area contributed by atoms with Crippen molar-refractivity contribution in [3.8, 4) is 0 Å². The third kappa shape index (κ3) is 3.98. The molecular formula is C19H26FN5O. The zero-order valence-corrected chi connectivity index (χ0v) is 15.6. The number of hydrogen-bond acceptors (Lipinski definition) is 4. The Bertz CT molecular complexity index is 770. The van der Waals surface area contributed by atoms with E-state index in [4.69, 9.17) is 5.73 Å². The summed E-state index contributed by atoms with van der Waals surface area (Å²) in [5, 5.41) is 4.28. The van der Waals surface area contributed by atoms with Crippen molar-refractivity contribution in [2.75, 3.05) is 36.8 Å². The maximum atomic E-state index is 13.1. The lowest BCUT2D eigenvalue weighted by molar-refractivity contribution is -0.132. The fraction of sp³-hybridized carbons (Fsp3) is 0.474. The summed E-state index contributed by atoms with van der Waals surface area (Å²) in [5.41, 5.74) is 7.63. The highest BCUT2D eigenvalue weighted by molar-refractivity contribution is 5.76. The number of benzene rings is 1. The minimum Gasteiger partial charge on any atom is -0.382 e. The maximum absolute atomic E-state index is 13.1. The molecule has 0 unspecified atom stereocenters. The molecule has 3 rings (SSSR count). The first-order valence-corrected chi connectivity index (χ1v) is 8.86. The lowest BCUT2D eigenvalue weighted by Gasteiger charge is -2.36. The van der Waals surface area contributed by atoms with E-state index < -0.39 is 0 Å². The summed E-state index contributed by atoms with van der Waals surface area (Å²) in [6.07, 6.45) is 0. The van der Waals surface area contributed by atoms with Gasteiger partial charge in [0.2, 0.25) is 5.91 Å². The Morgan fingerprint density at radius 1 is 1.15 bits per heavy atom. The zero-order valence-electron chi connectivity index (χ0n) is 15.6. The molecule has 140 valence electrons. The molecule has 6 nitrogen and oxygen atoms in total. The van der Waals surface area contributed by atoms with E-state index >= 15 is 0 Å². The van der Waals surface area contributed by atoms with Crippen molar-refractivity contribution in [1.29, 1.82) is 0 Å². The summed E-state index contributed by atoms with van der Waals surface area (Å²) in [6, 6.07) is 8.30. The van der Waals surface area contributed by atoms with Crippen LogP contribution >= 0.6 is 0 Å². The number of nitrogen functional groups attached to an aromatic ring is 1. The van der Waals surface area contributed by atoms with Gasteiger partial charge in [-0.15, -0.1) is 0 Å². The van der Waals surface area contributed by atoms with Gasteiger partial charge >= 0.3 is 0 Å². The summed E-state index contributed by atoms with van der Waals surface area (Å²) in [5.74, 6) is 0.233. The van der Waals surface area contributed by atoms with Gasteiger partial charge in [-0.1, -0.05) is 20.8 Å². The lowest BCUT2D eigenvalue weighted by Crippen LogP contribution is -2.49. The molecule has 26 heavy (non-hydrogen) atoms. The van der Waals surface area contributed by atoms with Gasteiger partial charge in [0.05, 0.1) is 0 Å². The summed E-state index contributed by atoms with van der Waals surface area (Å²) >= 11 is 0. The van der Waals surface area contributed by atoms with Gasteiger partial charge in [-0.2, -0.15) is 5.10 Å². The average Bonchev–Trinajstić information content (AvgIpc) is 2.96. The van der Waals surface area contributed by atoms with Crippen molar-refractivity contribution in [3.05, 3.63) is 41.8 Å². The Balaban J connectivity index is 1.62. The van der Waals surface area contributed by atoms with E-state index in [1.165, 1.54) is 12.1 Å². The maximum Gasteiger partial charge on any atom is 0.244 e. The summed E-state index contributed by atoms with van der Waals surface area (Å²) < 4.78 is 14.8. The van der Waals surface area contributed by atoms with Gasteiger partial charge in [0.25, 0.3) is 0 Å². The number of aromatic nitrogens is 2. The van der Waals surface area contributed by atoms with Crippen molar-refractivity contribution in [3.63, 3.8) is 0 Å². The minimum absolute atomic E-state index is 0.0392. The molecule has 2 aromatic rings. The molecule has 0 radical (unpaired) electrons. The molecule has 0 bridgehead atoms. The highest BCUT2D eigenvalue weighted by Gasteiger charge is 2.25. The van der Waals surface area contributed by atoms with Gasteiger partial charge in [-0.3, -0.25) is 9.48 Å². The molecule has 1 aliphatic rings. The van der Waals surface area contributed by atoms with Crippen LogP contribution < -0.4 is 10.6 Å². The molecule has 0 spiro atoms. The Labute approximate surface area is 153 Å². The fourth-order valence-corrected chi connectivity index (χ4v) is 3.25. The first kappa shape index (κ1) is 18.2. The Morgan fingerprint density at radius 2 is 1.77 bits per heavy atom. The molecule has 1 amide bonds. The van der Waals surface area contributed by atoms with Crippen LogP contribution in [0.5, 0.6) is 0 Å². The second-order valence-electron chi connectivity index (χ2n) is 7.71. The lowest BCUT2D eigenvalue weighted by atomic mass is 9.92. The molecule has 2 heterocycles. The highest BCUT2D eigenvalue weighted by atomic mass is 19.1. The first-order valence-electron chi connectivity index (χ1n) is 8.86. The largest absolute Gasteiger partial charge is 0.382 e. The van der Waals surface area contributed by atoms with Crippen LogP contribution in [0.3, 0.4) is 0 Å². The number of rotatable bonds is 3. The van der Waals surface area contributed by atoms with Crippen molar-refractivity contribution < 1.29 is 9.18 Å². The van der Waals surface area contributed by atoms with Crippen LogP contribution in [0, 0.1) is 5.82 Å². The minimum atomic E-state index is -0.240. The Hall–Kier alpha value is -2.57. The Morgan fingerprint density at radius 3 is 2.35 bits per heavy atom. The number of nitrogens with two attached hydrogens (primary N) is 1. The van der Waals surface area contributed by atoms with Crippen molar-refractivity contribution >= 4 is 17.4 Å². The van der Waals surface area contributed by atoms with Crippen molar-refractivity contribution in [1.82, 2.24) is 14.7 Å². The monoisotopic (exact) mass is 359 g/mol. The number of hydrogen-bond donors (Lipinski definition) is 1. The predicted octanol–water partition coefficient (Wildman–Crippen LogP) is 2.25. The van der Waals surface area contributed by atoms with Crippen LogP contribution in [-0.4, -0.2) is 46.8 Å². The van der Waals surface area contributed by atoms with E-state index in [-0.39, 0.29) is 23.7 Å². The number of amides is 1. The highest BCUT2D eigenvalue weighted by Crippen LogP contribution is 2.24. The van der Waals surface area contributed by atoms with Crippen LogP contribution in [0.1, 0.15) is 26.5 Å². The molecule has 1 fully saturated rings. The molecule has 2 N–H and O–H groups in total. The molecule has 1 aromatic heterocycles. The number of carbonyl (C=O) groups is 1. The first-order chi connectivity index (χ1) is 12.2. The molecule has 1 aromatic carbocycles. The second-order valence-corrected chi connectivity index (χ2v) is 7.71. The molecular weight excluding hydrogens is 333 g/mol. The number of piperazine rings is 1. The van der Waals surface area contributed by atoms with Crippen molar-refractivity contribution in [2.45, 2.75) is 32.7 Å². The van der Waals surface area contributed by atoms with Gasteiger partial charge in [0.1, 0.15) is 18.2 Å². The van der Waals surface area contributed by atoms with E-state index in [1.807, 2.05) is 11.0 Å². The van der Waals surface area contributed by atoms with Crippen LogP contribution in [0.15, 0.2) is 30.3 Å². The number of carbonyl (C=O) groups excluding carboxylic acids is 1. The number of halogens is 1. The predicted molar refractivity (Wildman–Crippen MR) is 101 cm³/mol. The van der Waals surface area contributed by atoms with Gasteiger partial charge < -0.3 is 15.5 Å². The van der Waals surface area contributed by atoms with E-state index in [0.717, 1.165) is 24.5 Å². The standard InChI is InChI=1S/C19H26FN5O/c1-19(2,3)16-12-17(21)22-25(16)13-18(26)24-10-8-23(9-11-24)15-6-4-14(20)5-7-15/h4-7,12H,8-11,13H2,1-3H3,(H2,21,22). The summed E-state index contributed by atoms with van der Waals surface area (Å²) in [7, 11) is 0. The number of nitrogens with zero attached hydrogens (tertiary/aromatic N) is 4. The molecule has 1 saturated heterocycles. The molecule has 0 atom stereocenters. The number of anilines is 2. The molecule has 1 aliphatic heterocycles. The van der Waals surface area contributed by atoms with E-state index in [2.05, 4.69) is 30.8 Å². The second kappa shape index (κ2) is 6.97. The van der Waals surface area contributed by atoms with Gasteiger partial charge in [0.15, 0.2) is 0 Å². The van der Waals surface area contributed by atoms with E-state index in [1.54, 1.807) is 16.8 Å². The summed E-state index contributed by atoms with van der Waals surface area (Å²) in [4.78, 5) is 16.7. The van der Waals surface area contributed by atoms with E-state index in [0.29, 0.717) is 18.9 Å². The van der Waals surface area contributed by atoms with Crippen LogP contribution in [0.25, 0.3) is 0 Å². The zero-order chi connectivity index (χ0) is 18.9. The smallest absolute Gasteiger partial charge is 0.244 e. The van der Waals surface area contributed by atoms with E-state index in [9.17, 15) is 9.18 Å². The third-order valence-electron chi connectivity index (χ3n) is 4.68. The Kier molecular flexibility index (Phi) is 4.89. The third-order valence-corrected chi connectivity index (χ3v) is 4.68. The van der Waals surface area contributed by atoms with Gasteiger partial charge in [0, 0.05) is 49.0 Å². The van der Waals surface area contributed by atoms with Crippen molar-refractivity contribution in [2.24, 2.45) is 0 Å². The van der Waals surface area contributed by atoms with Gasteiger partial charge in [-0.25, -0.2) is 4.39 Å². The topological polar surface area (TPSA) is 67.4 Å². The fourth-order valence-electron chi connectivity index (χ4n) is 3.25.